The van der Waals surface area contributed by atoms with Crippen LogP contribution in [0.3, 0.4) is 0 Å². The molecule has 3 unspecified atom stereocenters. The quantitative estimate of drug-likeness (QED) is 0.731. The summed E-state index contributed by atoms with van der Waals surface area (Å²) in [4.78, 5) is 2.59. The largest absolute Gasteiger partial charge is 0.391 e. The van der Waals surface area contributed by atoms with Gasteiger partial charge in [0, 0.05) is 12.6 Å². The fraction of sp³-hybridized carbons (Fsp3) is 1.00. The fourth-order valence-electron chi connectivity index (χ4n) is 3.43. The number of likely N-dealkylation sites (tertiary alicyclic amines) is 1. The smallest absolute Gasteiger partial charge is 0.0695 e. The fourth-order valence-corrected chi connectivity index (χ4v) is 3.43. The zero-order valence-corrected chi connectivity index (χ0v) is 10.7. The predicted octanol–water partition coefficient (Wildman–Crippen LogP) is 2.80. The van der Waals surface area contributed by atoms with E-state index in [1.54, 1.807) is 0 Å². The molecule has 0 radical (unpaired) electrons. The molecule has 0 amide bonds. The van der Waals surface area contributed by atoms with Crippen molar-refractivity contribution in [3.8, 4) is 0 Å². The number of piperidine rings is 1. The van der Waals surface area contributed by atoms with Gasteiger partial charge in [0.15, 0.2) is 0 Å². The lowest BCUT2D eigenvalue weighted by Crippen LogP contribution is -2.47. The number of hydrogen-bond acceptors (Lipinski definition) is 2. The van der Waals surface area contributed by atoms with Gasteiger partial charge >= 0.3 is 0 Å². The van der Waals surface area contributed by atoms with Gasteiger partial charge in [-0.2, -0.15) is 0 Å². The van der Waals surface area contributed by atoms with E-state index in [0.29, 0.717) is 6.04 Å². The van der Waals surface area contributed by atoms with Crippen LogP contribution in [0.25, 0.3) is 0 Å². The number of hydrogen-bond donors (Lipinski definition) is 1. The van der Waals surface area contributed by atoms with Crippen molar-refractivity contribution in [2.24, 2.45) is 5.92 Å². The van der Waals surface area contributed by atoms with Crippen LogP contribution in [-0.4, -0.2) is 35.2 Å². The van der Waals surface area contributed by atoms with Crippen molar-refractivity contribution in [1.82, 2.24) is 4.90 Å². The summed E-state index contributed by atoms with van der Waals surface area (Å²) in [7, 11) is 0. The van der Waals surface area contributed by atoms with Gasteiger partial charge in [0.1, 0.15) is 0 Å². The standard InChI is InChI=1S/C14H27NO/c1-2-12-7-6-10-15(11-12)13-8-4-3-5-9-14(13)16/h12-14,16H,2-11H2,1H3. The van der Waals surface area contributed by atoms with Crippen LogP contribution in [-0.2, 0) is 0 Å². The molecule has 3 atom stereocenters. The number of aliphatic hydroxyl groups is 1. The zero-order valence-electron chi connectivity index (χ0n) is 10.7. The lowest BCUT2D eigenvalue weighted by molar-refractivity contribution is 0.0203. The van der Waals surface area contributed by atoms with Crippen molar-refractivity contribution in [2.45, 2.75) is 70.4 Å². The van der Waals surface area contributed by atoms with Crippen LogP contribution in [0.1, 0.15) is 58.3 Å². The maximum absolute atomic E-state index is 10.2. The molecule has 16 heavy (non-hydrogen) atoms. The van der Waals surface area contributed by atoms with E-state index < -0.39 is 0 Å². The van der Waals surface area contributed by atoms with Gasteiger partial charge in [-0.05, 0) is 38.1 Å². The predicted molar refractivity (Wildman–Crippen MR) is 67.5 cm³/mol. The highest BCUT2D eigenvalue weighted by atomic mass is 16.3. The Hall–Kier alpha value is -0.0800. The normalized spacial score (nSPS) is 38.2. The Labute approximate surface area is 100 Å². The average molecular weight is 225 g/mol. The second-order valence-corrected chi connectivity index (χ2v) is 5.68. The molecular formula is C14H27NO. The van der Waals surface area contributed by atoms with Crippen molar-refractivity contribution < 1.29 is 5.11 Å². The van der Waals surface area contributed by atoms with Gasteiger partial charge in [0.2, 0.25) is 0 Å². The van der Waals surface area contributed by atoms with Gasteiger partial charge in [0.25, 0.3) is 0 Å². The lowest BCUT2D eigenvalue weighted by Gasteiger charge is -2.39. The van der Waals surface area contributed by atoms with Crippen LogP contribution in [0, 0.1) is 5.92 Å². The second-order valence-electron chi connectivity index (χ2n) is 5.68. The first kappa shape index (κ1) is 12.4. The summed E-state index contributed by atoms with van der Waals surface area (Å²) in [6.07, 6.45) is 10.1. The topological polar surface area (TPSA) is 23.5 Å². The maximum Gasteiger partial charge on any atom is 0.0695 e. The van der Waals surface area contributed by atoms with Gasteiger partial charge in [-0.3, -0.25) is 4.90 Å². The highest BCUT2D eigenvalue weighted by Gasteiger charge is 2.30. The molecule has 1 aliphatic heterocycles. The molecule has 2 fully saturated rings. The van der Waals surface area contributed by atoms with Gasteiger partial charge in [-0.25, -0.2) is 0 Å². The molecule has 0 aromatic heterocycles. The van der Waals surface area contributed by atoms with Crippen LogP contribution in [0.4, 0.5) is 0 Å². The minimum absolute atomic E-state index is 0.0573. The van der Waals surface area contributed by atoms with E-state index in [0.717, 1.165) is 12.3 Å². The first-order chi connectivity index (χ1) is 7.81. The molecular weight excluding hydrogens is 198 g/mol. The van der Waals surface area contributed by atoms with Crippen LogP contribution in [0.15, 0.2) is 0 Å². The van der Waals surface area contributed by atoms with Crippen molar-refractivity contribution in [2.75, 3.05) is 13.1 Å². The molecule has 2 aliphatic rings. The van der Waals surface area contributed by atoms with Crippen LogP contribution < -0.4 is 0 Å². The Bertz CT molecular complexity index is 207. The Morgan fingerprint density at radius 1 is 1.06 bits per heavy atom. The summed E-state index contributed by atoms with van der Waals surface area (Å²) in [6.45, 7) is 4.76. The van der Waals surface area contributed by atoms with E-state index in [1.165, 1.54) is 58.0 Å². The van der Waals surface area contributed by atoms with Crippen molar-refractivity contribution in [3.63, 3.8) is 0 Å². The third kappa shape index (κ3) is 2.98. The summed E-state index contributed by atoms with van der Waals surface area (Å²) >= 11 is 0. The summed E-state index contributed by atoms with van der Waals surface area (Å²) < 4.78 is 0. The van der Waals surface area contributed by atoms with Crippen LogP contribution in [0.2, 0.25) is 0 Å². The first-order valence-corrected chi connectivity index (χ1v) is 7.23. The maximum atomic E-state index is 10.2. The highest BCUT2D eigenvalue weighted by Crippen LogP contribution is 2.27. The van der Waals surface area contributed by atoms with Gasteiger partial charge in [-0.1, -0.05) is 32.6 Å². The zero-order chi connectivity index (χ0) is 11.4. The van der Waals surface area contributed by atoms with E-state index in [9.17, 15) is 5.11 Å². The number of nitrogens with zero attached hydrogens (tertiary/aromatic N) is 1. The minimum atomic E-state index is -0.0573. The van der Waals surface area contributed by atoms with E-state index in [-0.39, 0.29) is 6.10 Å². The van der Waals surface area contributed by atoms with Crippen molar-refractivity contribution >= 4 is 0 Å². The van der Waals surface area contributed by atoms with Crippen LogP contribution >= 0.6 is 0 Å². The van der Waals surface area contributed by atoms with Gasteiger partial charge in [0.05, 0.1) is 6.10 Å². The molecule has 1 aliphatic carbocycles. The SMILES string of the molecule is CCC1CCCN(C2CCCCCC2O)C1. The Morgan fingerprint density at radius 3 is 2.69 bits per heavy atom. The molecule has 0 aromatic rings. The second kappa shape index (κ2) is 6.02. The molecule has 2 heteroatoms. The summed E-state index contributed by atoms with van der Waals surface area (Å²) in [5, 5.41) is 10.2. The van der Waals surface area contributed by atoms with E-state index in [2.05, 4.69) is 11.8 Å². The summed E-state index contributed by atoms with van der Waals surface area (Å²) in [5.74, 6) is 0.879. The summed E-state index contributed by atoms with van der Waals surface area (Å²) in [5.41, 5.74) is 0. The molecule has 1 saturated carbocycles. The van der Waals surface area contributed by atoms with Gasteiger partial charge in [-0.15, -0.1) is 0 Å². The van der Waals surface area contributed by atoms with E-state index in [1.807, 2.05) is 0 Å². The first-order valence-electron chi connectivity index (χ1n) is 7.23. The molecule has 1 saturated heterocycles. The third-order valence-corrected chi connectivity index (χ3v) is 4.54. The van der Waals surface area contributed by atoms with Crippen molar-refractivity contribution in [3.05, 3.63) is 0 Å². The molecule has 1 heterocycles. The monoisotopic (exact) mass is 225 g/mol. The average Bonchev–Trinajstić information content (AvgIpc) is 2.54. The Morgan fingerprint density at radius 2 is 1.88 bits per heavy atom. The molecule has 0 spiro atoms. The molecule has 2 rings (SSSR count). The lowest BCUT2D eigenvalue weighted by atomic mass is 9.92. The van der Waals surface area contributed by atoms with E-state index >= 15 is 0 Å². The van der Waals surface area contributed by atoms with E-state index in [4.69, 9.17) is 0 Å². The third-order valence-electron chi connectivity index (χ3n) is 4.54. The van der Waals surface area contributed by atoms with Crippen molar-refractivity contribution in [1.29, 1.82) is 0 Å². The molecule has 94 valence electrons. The molecule has 2 nitrogen and oxygen atoms in total. The molecule has 1 N–H and O–H groups in total. The van der Waals surface area contributed by atoms with Crippen LogP contribution in [0.5, 0.6) is 0 Å². The molecule has 0 aromatic carbocycles. The minimum Gasteiger partial charge on any atom is -0.391 e. The van der Waals surface area contributed by atoms with Gasteiger partial charge < -0.3 is 5.11 Å². The number of rotatable bonds is 2. The Balaban J connectivity index is 1.93. The molecule has 0 bridgehead atoms. The number of aliphatic hydroxyl groups excluding tert-OH is 1. The summed E-state index contributed by atoms with van der Waals surface area (Å²) in [6, 6.07) is 0.469. The Kier molecular flexibility index (Phi) is 4.66. The highest BCUT2D eigenvalue weighted by molar-refractivity contribution is 4.85.